The van der Waals surface area contributed by atoms with Crippen molar-refractivity contribution in [2.45, 2.75) is 12.8 Å². The highest BCUT2D eigenvalue weighted by Gasteiger charge is 2.22. The zero-order valence-corrected chi connectivity index (χ0v) is 4.46. The number of carboxylic acid groups (broad SMARTS) is 1. The summed E-state index contributed by atoms with van der Waals surface area (Å²) in [7, 11) is 0. The van der Waals surface area contributed by atoms with Crippen LogP contribution in [0.15, 0.2) is 0 Å². The Kier molecular flexibility index (Phi) is 1.37. The third kappa shape index (κ3) is 1.82. The molecule has 0 saturated heterocycles. The molecule has 0 aromatic rings. The van der Waals surface area contributed by atoms with Crippen molar-refractivity contribution in [3.63, 3.8) is 0 Å². The van der Waals surface area contributed by atoms with E-state index in [4.69, 9.17) is 5.11 Å². The van der Waals surface area contributed by atoms with Crippen molar-refractivity contribution < 1.29 is 14.6 Å². The number of carbonyl (C=O) groups is 1. The van der Waals surface area contributed by atoms with E-state index in [-0.39, 0.29) is 0 Å². The first kappa shape index (κ1) is 5.41. The fourth-order valence-corrected chi connectivity index (χ4v) is 0.474. The van der Waals surface area contributed by atoms with Crippen LogP contribution in [0, 0.1) is 5.92 Å². The maximum absolute atomic E-state index is 9.71. The van der Waals surface area contributed by atoms with E-state index in [0.717, 1.165) is 12.8 Å². The Morgan fingerprint density at radius 2 is 2.38 bits per heavy atom. The van der Waals surface area contributed by atoms with Gasteiger partial charge < -0.3 is 9.84 Å². The molecule has 0 atom stereocenters. The number of ether oxygens (including phenoxy) is 1. The topological polar surface area (TPSA) is 46.5 Å². The van der Waals surface area contributed by atoms with E-state index in [1.807, 2.05) is 0 Å². The van der Waals surface area contributed by atoms with Crippen molar-refractivity contribution in [3.05, 3.63) is 0 Å². The highest BCUT2D eigenvalue weighted by atomic mass is 16.7. The Morgan fingerprint density at radius 1 is 1.75 bits per heavy atom. The molecule has 0 bridgehead atoms. The quantitative estimate of drug-likeness (QED) is 0.549. The van der Waals surface area contributed by atoms with Crippen LogP contribution in [0.4, 0.5) is 4.79 Å². The molecule has 0 unspecified atom stereocenters. The van der Waals surface area contributed by atoms with Gasteiger partial charge in [-0.3, -0.25) is 0 Å². The molecule has 46 valence electrons. The second kappa shape index (κ2) is 2.03. The Hall–Kier alpha value is -0.730. The van der Waals surface area contributed by atoms with E-state index in [1.54, 1.807) is 0 Å². The van der Waals surface area contributed by atoms with Crippen molar-refractivity contribution in [1.82, 2.24) is 0 Å². The van der Waals surface area contributed by atoms with Crippen LogP contribution in [0.2, 0.25) is 0 Å². The van der Waals surface area contributed by atoms with Crippen LogP contribution in [0.3, 0.4) is 0 Å². The molecular weight excluding hydrogens is 108 g/mol. The molecule has 1 fully saturated rings. The van der Waals surface area contributed by atoms with Gasteiger partial charge in [0.25, 0.3) is 0 Å². The van der Waals surface area contributed by atoms with Crippen molar-refractivity contribution in [1.29, 1.82) is 0 Å². The van der Waals surface area contributed by atoms with E-state index in [1.165, 1.54) is 0 Å². The van der Waals surface area contributed by atoms with Gasteiger partial charge in [-0.25, -0.2) is 4.79 Å². The van der Waals surface area contributed by atoms with Crippen LogP contribution < -0.4 is 0 Å². The number of hydrogen-bond donors (Lipinski definition) is 1. The molecule has 1 saturated carbocycles. The molecular formula is C5H8O3. The van der Waals surface area contributed by atoms with Crippen LogP contribution in [0.5, 0.6) is 0 Å². The molecule has 3 heteroatoms. The van der Waals surface area contributed by atoms with E-state index < -0.39 is 6.16 Å². The third-order valence-corrected chi connectivity index (χ3v) is 1.14. The molecule has 0 aromatic heterocycles. The van der Waals surface area contributed by atoms with Crippen LogP contribution in [0.25, 0.3) is 0 Å². The van der Waals surface area contributed by atoms with Gasteiger partial charge in [0.1, 0.15) is 0 Å². The molecule has 1 N–H and O–H groups in total. The second-order valence-electron chi connectivity index (χ2n) is 2.02. The highest BCUT2D eigenvalue weighted by Crippen LogP contribution is 2.28. The maximum Gasteiger partial charge on any atom is 0.505 e. The van der Waals surface area contributed by atoms with Crippen LogP contribution in [-0.4, -0.2) is 17.9 Å². The largest absolute Gasteiger partial charge is 0.505 e. The normalized spacial score (nSPS) is 18.0. The predicted octanol–water partition coefficient (Wildman–Crippen LogP) is 1.09. The Balaban J connectivity index is 1.95. The molecule has 1 aliphatic carbocycles. The van der Waals surface area contributed by atoms with Gasteiger partial charge >= 0.3 is 6.16 Å². The fraction of sp³-hybridized carbons (Fsp3) is 0.800. The number of rotatable bonds is 2. The first-order valence-electron chi connectivity index (χ1n) is 2.65. The fourth-order valence-electron chi connectivity index (χ4n) is 0.474. The Bertz CT molecular complexity index is 95.8. The zero-order chi connectivity index (χ0) is 5.98. The maximum atomic E-state index is 9.71. The molecule has 0 heterocycles. The summed E-state index contributed by atoms with van der Waals surface area (Å²) in [6, 6.07) is 0. The lowest BCUT2D eigenvalue weighted by molar-refractivity contribution is 0.0875. The highest BCUT2D eigenvalue weighted by molar-refractivity contribution is 5.56. The van der Waals surface area contributed by atoms with Crippen molar-refractivity contribution >= 4 is 6.16 Å². The van der Waals surface area contributed by atoms with Crippen LogP contribution in [-0.2, 0) is 4.74 Å². The van der Waals surface area contributed by atoms with Gasteiger partial charge in [-0.2, -0.15) is 0 Å². The lowest BCUT2D eigenvalue weighted by Crippen LogP contribution is -2.02. The second-order valence-corrected chi connectivity index (χ2v) is 2.02. The van der Waals surface area contributed by atoms with Gasteiger partial charge in [0.05, 0.1) is 6.61 Å². The average Bonchev–Trinajstić information content (AvgIpc) is 2.41. The van der Waals surface area contributed by atoms with E-state index in [2.05, 4.69) is 4.74 Å². The molecule has 0 radical (unpaired) electrons. The molecule has 0 amide bonds. The molecule has 1 aliphatic rings. The minimum absolute atomic E-state index is 0.398. The smallest absolute Gasteiger partial charge is 0.450 e. The van der Waals surface area contributed by atoms with Gasteiger partial charge in [0, 0.05) is 0 Å². The molecule has 3 nitrogen and oxygen atoms in total. The minimum atomic E-state index is -1.16. The summed E-state index contributed by atoms with van der Waals surface area (Å²) < 4.78 is 4.28. The van der Waals surface area contributed by atoms with Gasteiger partial charge in [-0.15, -0.1) is 0 Å². The third-order valence-electron chi connectivity index (χ3n) is 1.14. The summed E-state index contributed by atoms with van der Waals surface area (Å²) in [6.45, 7) is 0.398. The summed E-state index contributed by atoms with van der Waals surface area (Å²) in [5, 5.41) is 7.97. The standard InChI is InChI=1S/C5H8O3/c6-5(7)8-3-4-1-2-4/h4H,1-3H2,(H,6,7). The summed E-state index contributed by atoms with van der Waals surface area (Å²) >= 11 is 0. The summed E-state index contributed by atoms with van der Waals surface area (Å²) in [5.74, 6) is 0.533. The van der Waals surface area contributed by atoms with Gasteiger partial charge in [0.15, 0.2) is 0 Å². The molecule has 1 rings (SSSR count). The molecule has 0 aliphatic heterocycles. The molecule has 0 aromatic carbocycles. The summed E-state index contributed by atoms with van der Waals surface area (Å²) in [6.07, 6.45) is 1.11. The average molecular weight is 116 g/mol. The number of hydrogen-bond acceptors (Lipinski definition) is 2. The first-order valence-corrected chi connectivity index (χ1v) is 2.65. The lowest BCUT2D eigenvalue weighted by atomic mass is 10.5. The van der Waals surface area contributed by atoms with Gasteiger partial charge in [-0.05, 0) is 18.8 Å². The van der Waals surface area contributed by atoms with E-state index >= 15 is 0 Å². The SMILES string of the molecule is O=C(O)OCC1CC1. The summed E-state index contributed by atoms with van der Waals surface area (Å²) in [4.78, 5) is 9.71. The zero-order valence-electron chi connectivity index (χ0n) is 4.46. The Labute approximate surface area is 47.3 Å². The Morgan fingerprint density at radius 3 is 2.75 bits per heavy atom. The van der Waals surface area contributed by atoms with Crippen molar-refractivity contribution in [3.8, 4) is 0 Å². The predicted molar refractivity (Wildman–Crippen MR) is 26.7 cm³/mol. The van der Waals surface area contributed by atoms with Crippen molar-refractivity contribution in [2.75, 3.05) is 6.61 Å². The summed E-state index contributed by atoms with van der Waals surface area (Å²) in [5.41, 5.74) is 0. The monoisotopic (exact) mass is 116 g/mol. The van der Waals surface area contributed by atoms with Crippen LogP contribution in [0.1, 0.15) is 12.8 Å². The molecule has 0 spiro atoms. The van der Waals surface area contributed by atoms with Gasteiger partial charge in [-0.1, -0.05) is 0 Å². The van der Waals surface area contributed by atoms with Gasteiger partial charge in [0.2, 0.25) is 0 Å². The van der Waals surface area contributed by atoms with Crippen LogP contribution >= 0.6 is 0 Å². The minimum Gasteiger partial charge on any atom is -0.450 e. The molecule has 8 heavy (non-hydrogen) atoms. The first-order chi connectivity index (χ1) is 3.79. The van der Waals surface area contributed by atoms with E-state index in [0.29, 0.717) is 12.5 Å². The van der Waals surface area contributed by atoms with E-state index in [9.17, 15) is 4.79 Å². The van der Waals surface area contributed by atoms with Crippen molar-refractivity contribution in [2.24, 2.45) is 5.92 Å². The lowest BCUT2D eigenvalue weighted by Gasteiger charge is -1.93.